The highest BCUT2D eigenvalue weighted by Crippen LogP contribution is 2.16. The third kappa shape index (κ3) is 3.43. The van der Waals surface area contributed by atoms with Gasteiger partial charge in [0.25, 0.3) is 0 Å². The summed E-state index contributed by atoms with van der Waals surface area (Å²) in [5.74, 6) is 0.828. The van der Waals surface area contributed by atoms with Gasteiger partial charge in [0.05, 0.1) is 0 Å². The molecule has 1 aliphatic rings. The standard InChI is InChI=1S/C12H24N2/c1-5-14(8-10(2)3)9-12-6-7-13-11(12)4/h11-13H,2,5-9H2,1,3-4H3. The summed E-state index contributed by atoms with van der Waals surface area (Å²) in [4.78, 5) is 2.50. The van der Waals surface area contributed by atoms with E-state index in [1.807, 2.05) is 0 Å². The van der Waals surface area contributed by atoms with Crippen molar-refractivity contribution in [3.8, 4) is 0 Å². The van der Waals surface area contributed by atoms with Gasteiger partial charge in [0.1, 0.15) is 0 Å². The van der Waals surface area contributed by atoms with Crippen LogP contribution in [0.2, 0.25) is 0 Å². The van der Waals surface area contributed by atoms with Crippen LogP contribution in [0.3, 0.4) is 0 Å². The summed E-state index contributed by atoms with van der Waals surface area (Å²) in [6, 6.07) is 0.689. The Hall–Kier alpha value is -0.340. The molecule has 1 saturated heterocycles. The van der Waals surface area contributed by atoms with Gasteiger partial charge in [0, 0.05) is 19.1 Å². The SMILES string of the molecule is C=C(C)CN(CC)CC1CCNC1C. The van der Waals surface area contributed by atoms with Crippen molar-refractivity contribution >= 4 is 0 Å². The largest absolute Gasteiger partial charge is 0.314 e. The summed E-state index contributed by atoms with van der Waals surface area (Å²) in [5, 5.41) is 3.50. The molecule has 0 aliphatic carbocycles. The van der Waals surface area contributed by atoms with E-state index in [-0.39, 0.29) is 0 Å². The van der Waals surface area contributed by atoms with Gasteiger partial charge in [-0.15, -0.1) is 0 Å². The Morgan fingerprint density at radius 1 is 1.57 bits per heavy atom. The maximum Gasteiger partial charge on any atom is 0.0187 e. The topological polar surface area (TPSA) is 15.3 Å². The fourth-order valence-electron chi connectivity index (χ4n) is 2.18. The van der Waals surface area contributed by atoms with Crippen LogP contribution in [0.15, 0.2) is 12.2 Å². The van der Waals surface area contributed by atoms with Gasteiger partial charge in [-0.05, 0) is 39.3 Å². The van der Waals surface area contributed by atoms with E-state index in [0.29, 0.717) is 6.04 Å². The maximum atomic E-state index is 3.98. The first-order valence-corrected chi connectivity index (χ1v) is 5.73. The summed E-state index contributed by atoms with van der Waals surface area (Å²) in [5.41, 5.74) is 1.27. The highest BCUT2D eigenvalue weighted by Gasteiger charge is 2.24. The summed E-state index contributed by atoms with van der Waals surface area (Å²) in [6.45, 7) is 15.2. The Morgan fingerprint density at radius 3 is 2.71 bits per heavy atom. The van der Waals surface area contributed by atoms with E-state index in [1.165, 1.54) is 25.1 Å². The molecule has 0 spiro atoms. The van der Waals surface area contributed by atoms with Gasteiger partial charge >= 0.3 is 0 Å². The molecule has 0 aromatic rings. The second-order valence-electron chi connectivity index (χ2n) is 4.58. The lowest BCUT2D eigenvalue weighted by Crippen LogP contribution is -2.35. The van der Waals surface area contributed by atoms with Crippen LogP contribution in [0.4, 0.5) is 0 Å². The average molecular weight is 196 g/mol. The zero-order chi connectivity index (χ0) is 10.6. The molecule has 1 rings (SSSR count). The predicted molar refractivity (Wildman–Crippen MR) is 62.5 cm³/mol. The van der Waals surface area contributed by atoms with E-state index in [2.05, 4.69) is 37.6 Å². The van der Waals surface area contributed by atoms with Crippen LogP contribution in [0.5, 0.6) is 0 Å². The Labute approximate surface area is 88.4 Å². The van der Waals surface area contributed by atoms with Crippen molar-refractivity contribution in [2.45, 2.75) is 33.2 Å². The normalized spacial score (nSPS) is 27.1. The molecule has 1 fully saturated rings. The van der Waals surface area contributed by atoms with Crippen LogP contribution in [0.25, 0.3) is 0 Å². The molecule has 2 atom stereocenters. The van der Waals surface area contributed by atoms with Crippen molar-refractivity contribution in [2.24, 2.45) is 5.92 Å². The first-order valence-electron chi connectivity index (χ1n) is 5.73. The van der Waals surface area contributed by atoms with E-state index in [4.69, 9.17) is 0 Å². The van der Waals surface area contributed by atoms with Crippen LogP contribution in [-0.2, 0) is 0 Å². The van der Waals surface area contributed by atoms with Crippen LogP contribution < -0.4 is 5.32 Å². The Bertz CT molecular complexity index is 189. The average Bonchev–Trinajstić information content (AvgIpc) is 2.50. The van der Waals surface area contributed by atoms with Gasteiger partial charge in [0.15, 0.2) is 0 Å². The maximum absolute atomic E-state index is 3.98. The monoisotopic (exact) mass is 196 g/mol. The smallest absolute Gasteiger partial charge is 0.0187 e. The Kier molecular flexibility index (Phi) is 4.63. The van der Waals surface area contributed by atoms with E-state index >= 15 is 0 Å². The van der Waals surface area contributed by atoms with Crippen LogP contribution in [-0.4, -0.2) is 37.1 Å². The Balaban J connectivity index is 2.35. The van der Waals surface area contributed by atoms with E-state index in [9.17, 15) is 0 Å². The molecule has 82 valence electrons. The second-order valence-corrected chi connectivity index (χ2v) is 4.58. The minimum atomic E-state index is 0.689. The number of likely N-dealkylation sites (N-methyl/N-ethyl adjacent to an activating group) is 1. The van der Waals surface area contributed by atoms with Crippen LogP contribution in [0.1, 0.15) is 27.2 Å². The minimum Gasteiger partial charge on any atom is -0.314 e. The van der Waals surface area contributed by atoms with Gasteiger partial charge in [-0.1, -0.05) is 19.1 Å². The number of hydrogen-bond acceptors (Lipinski definition) is 2. The Morgan fingerprint density at radius 2 is 2.29 bits per heavy atom. The summed E-state index contributed by atoms with van der Waals surface area (Å²) < 4.78 is 0. The number of nitrogens with zero attached hydrogens (tertiary/aromatic N) is 1. The molecule has 1 heterocycles. The van der Waals surface area contributed by atoms with E-state index in [1.54, 1.807) is 0 Å². The molecular formula is C12H24N2. The van der Waals surface area contributed by atoms with Crippen molar-refractivity contribution in [1.82, 2.24) is 10.2 Å². The van der Waals surface area contributed by atoms with Crippen molar-refractivity contribution in [2.75, 3.05) is 26.2 Å². The molecule has 0 saturated carbocycles. The minimum absolute atomic E-state index is 0.689. The molecule has 0 bridgehead atoms. The summed E-state index contributed by atoms with van der Waals surface area (Å²) in [7, 11) is 0. The predicted octanol–water partition coefficient (Wildman–Crippen LogP) is 1.88. The zero-order valence-corrected chi connectivity index (χ0v) is 9.84. The van der Waals surface area contributed by atoms with Gasteiger partial charge < -0.3 is 5.32 Å². The molecule has 2 heteroatoms. The fourth-order valence-corrected chi connectivity index (χ4v) is 2.18. The third-order valence-corrected chi connectivity index (χ3v) is 3.12. The van der Waals surface area contributed by atoms with Gasteiger partial charge in [-0.3, -0.25) is 4.90 Å². The molecule has 14 heavy (non-hydrogen) atoms. The van der Waals surface area contributed by atoms with Crippen molar-refractivity contribution in [1.29, 1.82) is 0 Å². The lowest BCUT2D eigenvalue weighted by atomic mass is 10.0. The second kappa shape index (κ2) is 5.52. The molecule has 0 aromatic heterocycles. The lowest BCUT2D eigenvalue weighted by Gasteiger charge is -2.26. The van der Waals surface area contributed by atoms with E-state index in [0.717, 1.165) is 19.0 Å². The molecule has 1 N–H and O–H groups in total. The molecule has 0 radical (unpaired) electrons. The van der Waals surface area contributed by atoms with Crippen LogP contribution >= 0.6 is 0 Å². The highest BCUT2D eigenvalue weighted by atomic mass is 15.1. The lowest BCUT2D eigenvalue weighted by molar-refractivity contribution is 0.250. The molecular weight excluding hydrogens is 172 g/mol. The quantitative estimate of drug-likeness (QED) is 0.675. The first kappa shape index (κ1) is 11.7. The summed E-state index contributed by atoms with van der Waals surface area (Å²) in [6.07, 6.45) is 1.33. The number of nitrogens with one attached hydrogen (secondary N) is 1. The number of rotatable bonds is 5. The first-order chi connectivity index (χ1) is 6.63. The summed E-state index contributed by atoms with van der Waals surface area (Å²) >= 11 is 0. The van der Waals surface area contributed by atoms with Crippen molar-refractivity contribution < 1.29 is 0 Å². The third-order valence-electron chi connectivity index (χ3n) is 3.12. The molecule has 0 aromatic carbocycles. The van der Waals surface area contributed by atoms with Gasteiger partial charge in [-0.2, -0.15) is 0 Å². The van der Waals surface area contributed by atoms with Gasteiger partial charge in [-0.25, -0.2) is 0 Å². The molecule has 2 nitrogen and oxygen atoms in total. The van der Waals surface area contributed by atoms with E-state index < -0.39 is 0 Å². The zero-order valence-electron chi connectivity index (χ0n) is 9.84. The van der Waals surface area contributed by atoms with Crippen molar-refractivity contribution in [3.05, 3.63) is 12.2 Å². The highest BCUT2D eigenvalue weighted by molar-refractivity contribution is 4.93. The molecule has 2 unspecified atom stereocenters. The number of hydrogen-bond donors (Lipinski definition) is 1. The van der Waals surface area contributed by atoms with Crippen LogP contribution in [0, 0.1) is 5.92 Å². The van der Waals surface area contributed by atoms with Gasteiger partial charge in [0.2, 0.25) is 0 Å². The fraction of sp³-hybridized carbons (Fsp3) is 0.833. The molecule has 0 amide bonds. The van der Waals surface area contributed by atoms with Crippen molar-refractivity contribution in [3.63, 3.8) is 0 Å². The molecule has 1 aliphatic heterocycles.